The summed E-state index contributed by atoms with van der Waals surface area (Å²) in [7, 11) is 0. The van der Waals surface area contributed by atoms with Gasteiger partial charge in [-0.05, 0) is 37.9 Å². The Hall–Kier alpha value is -1.31. The summed E-state index contributed by atoms with van der Waals surface area (Å²) in [4.78, 5) is 9.24. The summed E-state index contributed by atoms with van der Waals surface area (Å²) < 4.78 is 0. The molecule has 100 valence electrons. The summed E-state index contributed by atoms with van der Waals surface area (Å²) in [6.45, 7) is 4.39. The van der Waals surface area contributed by atoms with Gasteiger partial charge in [-0.25, -0.2) is 4.98 Å². The van der Waals surface area contributed by atoms with Crippen LogP contribution in [0.2, 0.25) is 5.15 Å². The van der Waals surface area contributed by atoms with E-state index in [1.165, 1.54) is 25.9 Å². The molecule has 0 spiro atoms. The molecular weight excluding hydrogens is 260 g/mol. The largest absolute Gasteiger partial charge is 0.355 e. The lowest BCUT2D eigenvalue weighted by atomic mass is 10.2. The van der Waals surface area contributed by atoms with Gasteiger partial charge in [-0.3, -0.25) is 4.90 Å². The highest BCUT2D eigenvalue weighted by molar-refractivity contribution is 6.29. The number of nitrogens with zero attached hydrogens (tertiary/aromatic N) is 4. The Morgan fingerprint density at radius 1 is 1.26 bits per heavy atom. The molecule has 5 heteroatoms. The van der Waals surface area contributed by atoms with Crippen molar-refractivity contribution in [1.82, 2.24) is 9.88 Å². The number of halogens is 1. The van der Waals surface area contributed by atoms with E-state index in [2.05, 4.69) is 20.9 Å². The molecule has 2 saturated heterocycles. The van der Waals surface area contributed by atoms with Crippen molar-refractivity contribution in [3.8, 4) is 6.07 Å². The fourth-order valence-electron chi connectivity index (χ4n) is 3.12. The molecule has 0 N–H and O–H groups in total. The molecule has 3 heterocycles. The Balaban J connectivity index is 1.85. The summed E-state index contributed by atoms with van der Waals surface area (Å²) in [5, 5.41) is 9.43. The van der Waals surface area contributed by atoms with Gasteiger partial charge in [0.05, 0.1) is 11.6 Å². The lowest BCUT2D eigenvalue weighted by Gasteiger charge is -2.26. The Morgan fingerprint density at radius 2 is 2.11 bits per heavy atom. The van der Waals surface area contributed by atoms with Gasteiger partial charge in [0.15, 0.2) is 0 Å². The van der Waals surface area contributed by atoms with Crippen molar-refractivity contribution in [2.45, 2.75) is 25.3 Å². The number of hydrogen-bond acceptors (Lipinski definition) is 4. The molecule has 1 unspecified atom stereocenters. The van der Waals surface area contributed by atoms with Crippen LogP contribution in [-0.2, 0) is 0 Å². The van der Waals surface area contributed by atoms with E-state index in [9.17, 15) is 0 Å². The van der Waals surface area contributed by atoms with Crippen molar-refractivity contribution in [2.75, 3.05) is 31.1 Å². The van der Waals surface area contributed by atoms with Crippen molar-refractivity contribution >= 4 is 17.4 Å². The van der Waals surface area contributed by atoms with Crippen LogP contribution in [0.3, 0.4) is 0 Å². The fourth-order valence-corrected chi connectivity index (χ4v) is 3.33. The normalized spacial score (nSPS) is 23.8. The van der Waals surface area contributed by atoms with Crippen molar-refractivity contribution in [3.05, 3.63) is 22.8 Å². The second kappa shape index (κ2) is 5.36. The minimum absolute atomic E-state index is 0.404. The average molecular weight is 277 g/mol. The molecule has 0 aromatic carbocycles. The van der Waals surface area contributed by atoms with Crippen molar-refractivity contribution < 1.29 is 0 Å². The molecule has 0 saturated carbocycles. The number of nitriles is 1. The number of pyridine rings is 1. The smallest absolute Gasteiger partial charge is 0.132 e. The summed E-state index contributed by atoms with van der Waals surface area (Å²) in [6, 6.07) is 6.24. The predicted octanol–water partition coefficient (Wildman–Crippen LogP) is 2.28. The Kier molecular flexibility index (Phi) is 3.58. The first-order valence-corrected chi connectivity index (χ1v) is 7.21. The predicted molar refractivity (Wildman–Crippen MR) is 75.4 cm³/mol. The van der Waals surface area contributed by atoms with E-state index in [0.717, 1.165) is 25.3 Å². The van der Waals surface area contributed by atoms with E-state index in [0.29, 0.717) is 16.8 Å². The van der Waals surface area contributed by atoms with E-state index < -0.39 is 0 Å². The van der Waals surface area contributed by atoms with Crippen molar-refractivity contribution in [1.29, 1.82) is 5.26 Å². The third-order valence-corrected chi connectivity index (χ3v) is 4.23. The topological polar surface area (TPSA) is 43.2 Å². The maximum Gasteiger partial charge on any atom is 0.132 e. The van der Waals surface area contributed by atoms with E-state index in [-0.39, 0.29) is 0 Å². The molecule has 2 fully saturated rings. The molecule has 1 aromatic heterocycles. The van der Waals surface area contributed by atoms with Crippen LogP contribution >= 0.6 is 11.6 Å². The van der Waals surface area contributed by atoms with Gasteiger partial charge in [0.1, 0.15) is 11.0 Å². The standard InChI is InChI=1S/C14H17ClN4/c15-13-7-11(9-16)8-14(17-13)19-6-2-5-18-4-1-3-12(18)10-19/h7-8,12H,1-6,10H2. The van der Waals surface area contributed by atoms with Crippen LogP contribution in [0.25, 0.3) is 0 Å². The van der Waals surface area contributed by atoms with Crippen LogP contribution in [0.1, 0.15) is 24.8 Å². The van der Waals surface area contributed by atoms with Gasteiger partial charge in [0.2, 0.25) is 0 Å². The second-order valence-electron chi connectivity index (χ2n) is 5.28. The summed E-state index contributed by atoms with van der Waals surface area (Å²) in [5.41, 5.74) is 0.586. The van der Waals surface area contributed by atoms with E-state index in [4.69, 9.17) is 16.9 Å². The molecular formula is C14H17ClN4. The molecule has 1 atom stereocenters. The summed E-state index contributed by atoms with van der Waals surface area (Å²) in [6.07, 6.45) is 3.71. The van der Waals surface area contributed by atoms with Gasteiger partial charge in [-0.1, -0.05) is 11.6 Å². The van der Waals surface area contributed by atoms with Gasteiger partial charge in [-0.15, -0.1) is 0 Å². The zero-order valence-corrected chi connectivity index (χ0v) is 11.6. The molecule has 2 aliphatic heterocycles. The molecule has 0 aliphatic carbocycles. The van der Waals surface area contributed by atoms with Crippen LogP contribution in [0, 0.1) is 11.3 Å². The number of aromatic nitrogens is 1. The lowest BCUT2D eigenvalue weighted by Crippen LogP contribution is -2.37. The van der Waals surface area contributed by atoms with Gasteiger partial charge in [0.25, 0.3) is 0 Å². The maximum absolute atomic E-state index is 9.03. The van der Waals surface area contributed by atoms with Crippen molar-refractivity contribution in [3.63, 3.8) is 0 Å². The molecule has 0 bridgehead atoms. The number of rotatable bonds is 1. The number of hydrogen-bond donors (Lipinski definition) is 0. The molecule has 0 amide bonds. The number of fused-ring (bicyclic) bond motifs is 1. The van der Waals surface area contributed by atoms with Crippen LogP contribution in [0.15, 0.2) is 12.1 Å². The van der Waals surface area contributed by atoms with Gasteiger partial charge >= 0.3 is 0 Å². The lowest BCUT2D eigenvalue weighted by molar-refractivity contribution is 0.273. The highest BCUT2D eigenvalue weighted by Gasteiger charge is 2.29. The Bertz CT molecular complexity index is 511. The molecule has 19 heavy (non-hydrogen) atoms. The first kappa shape index (κ1) is 12.7. The maximum atomic E-state index is 9.03. The average Bonchev–Trinajstić information content (AvgIpc) is 2.75. The van der Waals surface area contributed by atoms with E-state index in [1.807, 2.05) is 6.07 Å². The van der Waals surface area contributed by atoms with Crippen LogP contribution in [0.4, 0.5) is 5.82 Å². The third kappa shape index (κ3) is 2.68. The van der Waals surface area contributed by atoms with Crippen LogP contribution in [0.5, 0.6) is 0 Å². The van der Waals surface area contributed by atoms with E-state index >= 15 is 0 Å². The monoisotopic (exact) mass is 276 g/mol. The minimum Gasteiger partial charge on any atom is -0.355 e. The molecule has 3 rings (SSSR count). The zero-order chi connectivity index (χ0) is 13.2. The molecule has 4 nitrogen and oxygen atoms in total. The van der Waals surface area contributed by atoms with Crippen LogP contribution in [-0.4, -0.2) is 42.1 Å². The molecule has 1 aromatic rings. The van der Waals surface area contributed by atoms with Crippen LogP contribution < -0.4 is 4.90 Å². The van der Waals surface area contributed by atoms with Crippen molar-refractivity contribution in [2.24, 2.45) is 0 Å². The fraction of sp³-hybridized carbons (Fsp3) is 0.571. The Labute approximate surface area is 118 Å². The van der Waals surface area contributed by atoms with Gasteiger partial charge in [0, 0.05) is 25.7 Å². The quantitative estimate of drug-likeness (QED) is 0.738. The SMILES string of the molecule is N#Cc1cc(Cl)nc(N2CCCN3CCCC3C2)c1. The van der Waals surface area contributed by atoms with Gasteiger partial charge < -0.3 is 4.90 Å². The first-order valence-electron chi connectivity index (χ1n) is 6.83. The van der Waals surface area contributed by atoms with E-state index in [1.54, 1.807) is 6.07 Å². The summed E-state index contributed by atoms with van der Waals surface area (Å²) >= 11 is 6.00. The highest BCUT2D eigenvalue weighted by Crippen LogP contribution is 2.25. The second-order valence-corrected chi connectivity index (χ2v) is 5.67. The highest BCUT2D eigenvalue weighted by atomic mass is 35.5. The minimum atomic E-state index is 0.404. The Morgan fingerprint density at radius 3 is 2.95 bits per heavy atom. The molecule has 2 aliphatic rings. The first-order chi connectivity index (χ1) is 9.26. The number of anilines is 1. The third-order valence-electron chi connectivity index (χ3n) is 4.04. The zero-order valence-electron chi connectivity index (χ0n) is 10.8. The molecule has 0 radical (unpaired) electrons. The van der Waals surface area contributed by atoms with Gasteiger partial charge in [-0.2, -0.15) is 5.26 Å². The summed E-state index contributed by atoms with van der Waals surface area (Å²) in [5.74, 6) is 0.845.